The van der Waals surface area contributed by atoms with Gasteiger partial charge in [0.15, 0.2) is 0 Å². The van der Waals surface area contributed by atoms with Crippen LogP contribution in [0.15, 0.2) is 36.4 Å². The van der Waals surface area contributed by atoms with Crippen molar-refractivity contribution in [2.75, 3.05) is 11.9 Å². The zero-order valence-corrected chi connectivity index (χ0v) is 16.2. The zero-order valence-electron chi connectivity index (χ0n) is 15.5. The maximum absolute atomic E-state index is 14.6. The van der Waals surface area contributed by atoms with Crippen molar-refractivity contribution in [2.24, 2.45) is 5.92 Å². The van der Waals surface area contributed by atoms with Gasteiger partial charge in [0.05, 0.1) is 12.1 Å². The first-order valence-electron chi connectivity index (χ1n) is 9.33. The van der Waals surface area contributed by atoms with Crippen molar-refractivity contribution in [3.05, 3.63) is 63.9 Å². The van der Waals surface area contributed by atoms with Gasteiger partial charge in [-0.05, 0) is 42.0 Å². The van der Waals surface area contributed by atoms with Crippen molar-refractivity contribution in [2.45, 2.75) is 51.2 Å². The molecule has 2 heterocycles. The molecule has 3 atom stereocenters. The Kier molecular flexibility index (Phi) is 4.48. The van der Waals surface area contributed by atoms with Crippen LogP contribution in [-0.2, 0) is 10.2 Å². The summed E-state index contributed by atoms with van der Waals surface area (Å²) in [6, 6.07) is 11.2. The second kappa shape index (κ2) is 6.54. The number of halogens is 2. The van der Waals surface area contributed by atoms with E-state index in [9.17, 15) is 4.39 Å². The van der Waals surface area contributed by atoms with Gasteiger partial charge in [-0.2, -0.15) is 0 Å². The Hall–Kier alpha value is -1.58. The average molecular weight is 374 g/mol. The molecule has 1 saturated heterocycles. The predicted molar refractivity (Wildman–Crippen MR) is 104 cm³/mol. The number of hydrogen-bond acceptors (Lipinski definition) is 2. The van der Waals surface area contributed by atoms with Gasteiger partial charge < -0.3 is 10.1 Å². The molecule has 2 aliphatic rings. The highest BCUT2D eigenvalue weighted by atomic mass is 35.5. The predicted octanol–water partition coefficient (Wildman–Crippen LogP) is 6.41. The molecule has 138 valence electrons. The lowest BCUT2D eigenvalue weighted by Gasteiger charge is -2.44. The Balaban J connectivity index is 1.82. The lowest BCUT2D eigenvalue weighted by Crippen LogP contribution is -2.36. The van der Waals surface area contributed by atoms with Gasteiger partial charge in [-0.25, -0.2) is 4.39 Å². The van der Waals surface area contributed by atoms with E-state index in [2.05, 4.69) is 44.3 Å². The van der Waals surface area contributed by atoms with Crippen molar-refractivity contribution in [1.29, 1.82) is 0 Å². The van der Waals surface area contributed by atoms with Crippen LogP contribution in [0.3, 0.4) is 0 Å². The fourth-order valence-corrected chi connectivity index (χ4v) is 4.51. The number of nitrogens with one attached hydrogen (secondary N) is 1. The molecule has 2 aromatic carbocycles. The number of rotatable bonds is 1. The normalized spacial score (nSPS) is 25.2. The van der Waals surface area contributed by atoms with Crippen LogP contribution in [0.1, 0.15) is 62.4 Å². The van der Waals surface area contributed by atoms with E-state index in [4.69, 9.17) is 16.3 Å². The summed E-state index contributed by atoms with van der Waals surface area (Å²) in [6.07, 6.45) is 1.95. The first-order valence-corrected chi connectivity index (χ1v) is 9.70. The van der Waals surface area contributed by atoms with Gasteiger partial charge in [0.2, 0.25) is 0 Å². The van der Waals surface area contributed by atoms with Gasteiger partial charge in [0.25, 0.3) is 0 Å². The highest BCUT2D eigenvalue weighted by Gasteiger charge is 2.41. The summed E-state index contributed by atoms with van der Waals surface area (Å²) in [5.41, 5.74) is 4.12. The van der Waals surface area contributed by atoms with Crippen molar-refractivity contribution in [3.63, 3.8) is 0 Å². The van der Waals surface area contributed by atoms with Gasteiger partial charge in [-0.15, -0.1) is 0 Å². The summed E-state index contributed by atoms with van der Waals surface area (Å²) >= 11 is 6.39. The molecule has 0 amide bonds. The maximum Gasteiger partial charge on any atom is 0.129 e. The van der Waals surface area contributed by atoms with Crippen LogP contribution >= 0.6 is 11.6 Å². The third-order valence-corrected chi connectivity index (χ3v) is 5.97. The third-order valence-electron chi connectivity index (χ3n) is 5.64. The highest BCUT2D eigenvalue weighted by Crippen LogP contribution is 2.51. The smallest absolute Gasteiger partial charge is 0.129 e. The van der Waals surface area contributed by atoms with E-state index in [1.54, 1.807) is 12.1 Å². The van der Waals surface area contributed by atoms with Crippen LogP contribution in [0.5, 0.6) is 0 Å². The lowest BCUT2D eigenvalue weighted by atomic mass is 9.75. The largest absolute Gasteiger partial charge is 0.377 e. The molecular formula is C22H25ClFNO. The van der Waals surface area contributed by atoms with Gasteiger partial charge in [0, 0.05) is 34.4 Å². The first-order chi connectivity index (χ1) is 12.4. The van der Waals surface area contributed by atoms with Crippen LogP contribution in [0, 0.1) is 11.7 Å². The summed E-state index contributed by atoms with van der Waals surface area (Å²) in [4.78, 5) is 0. The molecule has 4 rings (SSSR count). The number of hydrogen-bond donors (Lipinski definition) is 1. The molecule has 3 unspecified atom stereocenters. The van der Waals surface area contributed by atoms with E-state index in [1.807, 2.05) is 0 Å². The topological polar surface area (TPSA) is 21.3 Å². The minimum absolute atomic E-state index is 0.0250. The minimum atomic E-state index is -0.255. The van der Waals surface area contributed by atoms with Crippen LogP contribution in [0.4, 0.5) is 10.1 Å². The molecule has 2 aliphatic heterocycles. The third kappa shape index (κ3) is 3.01. The van der Waals surface area contributed by atoms with E-state index in [0.29, 0.717) is 10.6 Å². The summed E-state index contributed by atoms with van der Waals surface area (Å²) in [5, 5.41) is 4.04. The standard InChI is InChI=1S/C22H25ClFNO/c1-22(2,3)13-9-10-18-15(12-13)21-14(6-5-11-26-21)20(25-18)19-16(23)7-4-8-17(19)24/h4,7-10,12,14,20-21,25H,5-6,11H2,1-3H3. The Morgan fingerprint density at radius 2 is 2.00 bits per heavy atom. The van der Waals surface area contributed by atoms with E-state index in [1.165, 1.54) is 17.2 Å². The van der Waals surface area contributed by atoms with Crippen molar-refractivity contribution in [1.82, 2.24) is 0 Å². The van der Waals surface area contributed by atoms with E-state index >= 15 is 0 Å². The Labute approximate surface area is 159 Å². The van der Waals surface area contributed by atoms with Crippen molar-refractivity contribution in [3.8, 4) is 0 Å². The minimum Gasteiger partial charge on any atom is -0.377 e. The molecule has 1 fully saturated rings. The number of ether oxygens (including phenoxy) is 1. The van der Waals surface area contributed by atoms with Crippen LogP contribution in [-0.4, -0.2) is 6.61 Å². The molecule has 0 aromatic heterocycles. The molecule has 1 N–H and O–H groups in total. The SMILES string of the molecule is CC(C)(C)c1ccc2c(c1)C1OCCCC1C(c1c(F)cccc1Cl)N2. The summed E-state index contributed by atoms with van der Waals surface area (Å²) in [7, 11) is 0. The van der Waals surface area contributed by atoms with Crippen LogP contribution in [0.2, 0.25) is 5.02 Å². The summed E-state index contributed by atoms with van der Waals surface area (Å²) in [5.74, 6) is -0.0880. The van der Waals surface area contributed by atoms with Crippen molar-refractivity contribution >= 4 is 17.3 Å². The molecule has 2 nitrogen and oxygen atoms in total. The fraction of sp³-hybridized carbons (Fsp3) is 0.455. The Bertz CT molecular complexity index is 809. The monoisotopic (exact) mass is 373 g/mol. The van der Waals surface area contributed by atoms with Crippen molar-refractivity contribution < 1.29 is 9.13 Å². The Morgan fingerprint density at radius 3 is 2.73 bits per heavy atom. The molecule has 0 saturated carbocycles. The molecule has 4 heteroatoms. The van der Waals surface area contributed by atoms with E-state index in [0.717, 1.165) is 25.1 Å². The maximum atomic E-state index is 14.6. The molecular weight excluding hydrogens is 349 g/mol. The second-order valence-electron chi connectivity index (χ2n) is 8.41. The van der Waals surface area contributed by atoms with Crippen LogP contribution < -0.4 is 5.32 Å². The number of benzene rings is 2. The molecule has 0 spiro atoms. The quantitative estimate of drug-likeness (QED) is 0.623. The highest BCUT2D eigenvalue weighted by molar-refractivity contribution is 6.31. The van der Waals surface area contributed by atoms with Gasteiger partial charge in [-0.1, -0.05) is 50.6 Å². The molecule has 26 heavy (non-hydrogen) atoms. The molecule has 0 bridgehead atoms. The number of fused-ring (bicyclic) bond motifs is 3. The van der Waals surface area contributed by atoms with Gasteiger partial charge >= 0.3 is 0 Å². The number of anilines is 1. The second-order valence-corrected chi connectivity index (χ2v) is 8.81. The molecule has 2 aromatic rings. The first kappa shape index (κ1) is 17.8. The van der Waals surface area contributed by atoms with E-state index < -0.39 is 0 Å². The zero-order chi connectivity index (χ0) is 18.5. The summed E-state index contributed by atoms with van der Waals surface area (Å²) < 4.78 is 20.8. The lowest BCUT2D eigenvalue weighted by molar-refractivity contribution is -0.0384. The molecule has 0 radical (unpaired) electrons. The Morgan fingerprint density at radius 1 is 1.19 bits per heavy atom. The van der Waals surface area contributed by atoms with E-state index in [-0.39, 0.29) is 29.3 Å². The summed E-state index contributed by atoms with van der Waals surface area (Å²) in [6.45, 7) is 7.39. The fourth-order valence-electron chi connectivity index (χ4n) is 4.23. The molecule has 0 aliphatic carbocycles. The van der Waals surface area contributed by atoms with Gasteiger partial charge in [-0.3, -0.25) is 0 Å². The average Bonchev–Trinajstić information content (AvgIpc) is 2.60. The van der Waals surface area contributed by atoms with Crippen LogP contribution in [0.25, 0.3) is 0 Å². The van der Waals surface area contributed by atoms with Gasteiger partial charge in [0.1, 0.15) is 5.82 Å².